The van der Waals surface area contributed by atoms with Gasteiger partial charge in [0.1, 0.15) is 0 Å². The summed E-state index contributed by atoms with van der Waals surface area (Å²) >= 11 is 0. The summed E-state index contributed by atoms with van der Waals surface area (Å²) < 4.78 is 0. The molecule has 1 N–H and O–H groups in total. The van der Waals surface area contributed by atoms with Crippen molar-refractivity contribution in [1.82, 2.24) is 10.3 Å². The van der Waals surface area contributed by atoms with E-state index >= 15 is 0 Å². The molecule has 1 aromatic carbocycles. The van der Waals surface area contributed by atoms with Crippen molar-refractivity contribution in [2.45, 2.75) is 38.6 Å². The van der Waals surface area contributed by atoms with Crippen LogP contribution in [0.4, 0.5) is 0 Å². The number of rotatable bonds is 4. The van der Waals surface area contributed by atoms with Crippen LogP contribution in [0, 0.1) is 0 Å². The maximum Gasteiger partial charge on any atom is 0.0510 e. The second kappa shape index (κ2) is 5.76. The van der Waals surface area contributed by atoms with Gasteiger partial charge in [0.25, 0.3) is 0 Å². The molecule has 1 heterocycles. The molecule has 2 heteroatoms. The lowest BCUT2D eigenvalue weighted by Gasteiger charge is -2.21. The van der Waals surface area contributed by atoms with Crippen LogP contribution < -0.4 is 5.32 Å². The van der Waals surface area contributed by atoms with E-state index in [1.165, 1.54) is 28.8 Å². The fraction of sp³-hybridized carbons (Fsp3) is 0.389. The molecule has 0 bridgehead atoms. The van der Waals surface area contributed by atoms with Crippen molar-refractivity contribution < 1.29 is 0 Å². The van der Waals surface area contributed by atoms with E-state index in [-0.39, 0.29) is 0 Å². The molecule has 0 aliphatic heterocycles. The van der Waals surface area contributed by atoms with Crippen molar-refractivity contribution in [3.8, 4) is 0 Å². The Balaban J connectivity index is 2.00. The van der Waals surface area contributed by atoms with Gasteiger partial charge in [-0.3, -0.25) is 4.98 Å². The van der Waals surface area contributed by atoms with Gasteiger partial charge in [0, 0.05) is 18.2 Å². The third-order valence-corrected chi connectivity index (χ3v) is 4.31. The molecule has 0 saturated heterocycles. The molecule has 3 rings (SSSR count). The highest BCUT2D eigenvalue weighted by Crippen LogP contribution is 2.39. The zero-order valence-corrected chi connectivity index (χ0v) is 12.3. The summed E-state index contributed by atoms with van der Waals surface area (Å²) in [5.74, 6) is 0.462. The standard InChI is InChI=1S/C18H22N2/c1-3-19-13(2)15-8-4-5-9-16(15)17-11-10-14-7-6-12-20-18(14)17/h4-9,12-13,17,19H,3,10-11H2,1-2H3. The van der Waals surface area contributed by atoms with Crippen LogP contribution in [0.3, 0.4) is 0 Å². The van der Waals surface area contributed by atoms with Crippen LogP contribution in [0.1, 0.15) is 54.6 Å². The average Bonchev–Trinajstić information content (AvgIpc) is 2.91. The number of fused-ring (bicyclic) bond motifs is 1. The van der Waals surface area contributed by atoms with Crippen LogP contribution in [0.15, 0.2) is 42.6 Å². The van der Waals surface area contributed by atoms with E-state index < -0.39 is 0 Å². The molecule has 20 heavy (non-hydrogen) atoms. The van der Waals surface area contributed by atoms with E-state index in [1.807, 2.05) is 12.3 Å². The molecule has 1 aliphatic carbocycles. The van der Waals surface area contributed by atoms with Crippen molar-refractivity contribution in [3.05, 3.63) is 65.0 Å². The van der Waals surface area contributed by atoms with Crippen LogP contribution in [-0.2, 0) is 6.42 Å². The number of nitrogens with one attached hydrogen (secondary N) is 1. The van der Waals surface area contributed by atoms with Gasteiger partial charge in [0.2, 0.25) is 0 Å². The number of pyridine rings is 1. The predicted octanol–water partition coefficient (Wildman–Crippen LogP) is 3.83. The third-order valence-electron chi connectivity index (χ3n) is 4.31. The van der Waals surface area contributed by atoms with E-state index in [0.717, 1.165) is 13.0 Å². The first kappa shape index (κ1) is 13.3. The maximum atomic E-state index is 4.64. The van der Waals surface area contributed by atoms with Gasteiger partial charge in [0.15, 0.2) is 0 Å². The molecule has 104 valence electrons. The van der Waals surface area contributed by atoms with Gasteiger partial charge in [-0.1, -0.05) is 37.3 Å². The van der Waals surface area contributed by atoms with Crippen molar-refractivity contribution in [2.24, 2.45) is 0 Å². The predicted molar refractivity (Wildman–Crippen MR) is 82.9 cm³/mol. The minimum Gasteiger partial charge on any atom is -0.310 e. The Bertz CT molecular complexity index is 591. The lowest BCUT2D eigenvalue weighted by molar-refractivity contribution is 0.587. The number of nitrogens with zero attached hydrogens (tertiary/aromatic N) is 1. The Kier molecular flexibility index (Phi) is 3.83. The molecular formula is C18H22N2. The van der Waals surface area contributed by atoms with Crippen LogP contribution in [0.2, 0.25) is 0 Å². The summed E-state index contributed by atoms with van der Waals surface area (Å²) in [5.41, 5.74) is 5.56. The maximum absolute atomic E-state index is 4.64. The molecule has 2 nitrogen and oxygen atoms in total. The molecule has 0 saturated carbocycles. The minimum atomic E-state index is 0.393. The lowest BCUT2D eigenvalue weighted by atomic mass is 9.89. The summed E-state index contributed by atoms with van der Waals surface area (Å²) in [5, 5.41) is 3.53. The normalized spacial score (nSPS) is 18.8. The summed E-state index contributed by atoms with van der Waals surface area (Å²) in [7, 11) is 0. The van der Waals surface area contributed by atoms with Gasteiger partial charge in [0.05, 0.1) is 5.69 Å². The van der Waals surface area contributed by atoms with Crippen molar-refractivity contribution in [3.63, 3.8) is 0 Å². The van der Waals surface area contributed by atoms with E-state index in [1.54, 1.807) is 0 Å². The fourth-order valence-corrected chi connectivity index (χ4v) is 3.35. The van der Waals surface area contributed by atoms with Gasteiger partial charge in [-0.2, -0.15) is 0 Å². The molecule has 2 unspecified atom stereocenters. The Hall–Kier alpha value is -1.67. The van der Waals surface area contributed by atoms with Gasteiger partial charge < -0.3 is 5.32 Å². The van der Waals surface area contributed by atoms with Crippen LogP contribution in [0.25, 0.3) is 0 Å². The van der Waals surface area contributed by atoms with E-state index in [4.69, 9.17) is 0 Å². The second-order valence-corrected chi connectivity index (χ2v) is 5.55. The third kappa shape index (κ3) is 2.36. The first-order valence-electron chi connectivity index (χ1n) is 7.57. The highest BCUT2D eigenvalue weighted by molar-refractivity contribution is 5.42. The Morgan fingerprint density at radius 3 is 2.95 bits per heavy atom. The Morgan fingerprint density at radius 1 is 1.25 bits per heavy atom. The largest absolute Gasteiger partial charge is 0.310 e. The highest BCUT2D eigenvalue weighted by atomic mass is 14.9. The number of hydrogen-bond donors (Lipinski definition) is 1. The Morgan fingerprint density at radius 2 is 2.10 bits per heavy atom. The van der Waals surface area contributed by atoms with Gasteiger partial charge in [-0.05, 0) is 49.1 Å². The molecule has 0 amide bonds. The zero-order chi connectivity index (χ0) is 13.9. The number of aryl methyl sites for hydroxylation is 1. The monoisotopic (exact) mass is 266 g/mol. The van der Waals surface area contributed by atoms with Crippen LogP contribution in [0.5, 0.6) is 0 Å². The molecule has 0 fully saturated rings. The quantitative estimate of drug-likeness (QED) is 0.909. The van der Waals surface area contributed by atoms with Gasteiger partial charge in [-0.15, -0.1) is 0 Å². The summed E-state index contributed by atoms with van der Waals surface area (Å²) in [6.07, 6.45) is 4.26. The Labute approximate surface area is 121 Å². The molecule has 2 atom stereocenters. The van der Waals surface area contributed by atoms with Crippen molar-refractivity contribution >= 4 is 0 Å². The number of benzene rings is 1. The smallest absolute Gasteiger partial charge is 0.0510 e. The first-order valence-corrected chi connectivity index (χ1v) is 7.57. The average molecular weight is 266 g/mol. The van der Waals surface area contributed by atoms with Gasteiger partial charge in [-0.25, -0.2) is 0 Å². The lowest BCUT2D eigenvalue weighted by Crippen LogP contribution is -2.19. The first-order chi connectivity index (χ1) is 9.81. The highest BCUT2D eigenvalue weighted by Gasteiger charge is 2.27. The number of aromatic nitrogens is 1. The molecule has 0 radical (unpaired) electrons. The van der Waals surface area contributed by atoms with Crippen LogP contribution in [-0.4, -0.2) is 11.5 Å². The molecular weight excluding hydrogens is 244 g/mol. The molecule has 0 spiro atoms. The molecule has 1 aromatic heterocycles. The minimum absolute atomic E-state index is 0.393. The van der Waals surface area contributed by atoms with Crippen molar-refractivity contribution in [1.29, 1.82) is 0 Å². The zero-order valence-electron chi connectivity index (χ0n) is 12.3. The summed E-state index contributed by atoms with van der Waals surface area (Å²) in [4.78, 5) is 4.64. The van der Waals surface area contributed by atoms with E-state index in [9.17, 15) is 0 Å². The molecule has 2 aromatic rings. The van der Waals surface area contributed by atoms with E-state index in [0.29, 0.717) is 12.0 Å². The topological polar surface area (TPSA) is 24.9 Å². The van der Waals surface area contributed by atoms with Gasteiger partial charge >= 0.3 is 0 Å². The fourth-order valence-electron chi connectivity index (χ4n) is 3.35. The van der Waals surface area contributed by atoms with Crippen LogP contribution >= 0.6 is 0 Å². The van der Waals surface area contributed by atoms with E-state index in [2.05, 4.69) is 54.5 Å². The summed E-state index contributed by atoms with van der Waals surface area (Å²) in [6, 6.07) is 13.5. The SMILES string of the molecule is CCNC(C)c1ccccc1C1CCc2cccnc21. The second-order valence-electron chi connectivity index (χ2n) is 5.55. The van der Waals surface area contributed by atoms with Crippen molar-refractivity contribution in [2.75, 3.05) is 6.54 Å². The summed E-state index contributed by atoms with van der Waals surface area (Å²) in [6.45, 7) is 5.40. The molecule has 1 aliphatic rings. The number of hydrogen-bond acceptors (Lipinski definition) is 2.